The summed E-state index contributed by atoms with van der Waals surface area (Å²) in [6.45, 7) is 0.517. The van der Waals surface area contributed by atoms with Crippen molar-refractivity contribution in [2.45, 2.75) is 11.4 Å². The minimum absolute atomic E-state index is 0. The summed E-state index contributed by atoms with van der Waals surface area (Å²) in [6.07, 6.45) is 0. The zero-order chi connectivity index (χ0) is 12.1. The van der Waals surface area contributed by atoms with Crippen LogP contribution in [0.3, 0.4) is 0 Å². The summed E-state index contributed by atoms with van der Waals surface area (Å²) in [7, 11) is 0. The van der Waals surface area contributed by atoms with E-state index in [2.05, 4.69) is 5.32 Å². The van der Waals surface area contributed by atoms with Gasteiger partial charge in [0.2, 0.25) is 5.91 Å². The summed E-state index contributed by atoms with van der Waals surface area (Å²) in [5.41, 5.74) is 1.63. The zero-order valence-electron chi connectivity index (χ0n) is 9.52. The fourth-order valence-corrected chi connectivity index (χ4v) is 1.77. The monoisotopic (exact) mass is 305 g/mol. The molecule has 2 rings (SSSR count). The summed E-state index contributed by atoms with van der Waals surface area (Å²) in [5, 5.41) is 2.85. The largest absolute Gasteiger partial charge is 1.00 e. The van der Waals surface area contributed by atoms with Crippen molar-refractivity contribution in [1.29, 1.82) is 0 Å². The quantitative estimate of drug-likeness (QED) is 0.697. The molecule has 0 fully saturated rings. The smallest absolute Gasteiger partial charge is 0.779 e. The maximum atomic E-state index is 11.9. The van der Waals surface area contributed by atoms with Gasteiger partial charge in [-0.1, -0.05) is 54.6 Å². The molecule has 0 heterocycles. The molecule has 18 heavy (non-hydrogen) atoms. The summed E-state index contributed by atoms with van der Waals surface area (Å²) in [4.78, 5) is 12.4. The fraction of sp³-hybridized carbons (Fsp3) is 0.0714. The van der Waals surface area contributed by atoms with Crippen molar-refractivity contribution in [3.8, 4) is 0 Å². The number of nitrogens with one attached hydrogen (secondary N) is 1. The van der Waals surface area contributed by atoms with Gasteiger partial charge in [0.25, 0.3) is 0 Å². The van der Waals surface area contributed by atoms with Gasteiger partial charge in [-0.3, -0.25) is 4.79 Å². The first-order chi connectivity index (χ1) is 8.27. The predicted octanol–water partition coefficient (Wildman–Crippen LogP) is 2.52. The van der Waals surface area contributed by atoms with Crippen LogP contribution in [0.25, 0.3) is 0 Å². The van der Waals surface area contributed by atoms with Crippen molar-refractivity contribution >= 4 is 18.5 Å². The van der Waals surface area contributed by atoms with Crippen LogP contribution >= 0.6 is 0 Å². The Kier molecular flexibility index (Phi) is 5.86. The number of benzene rings is 2. The predicted molar refractivity (Wildman–Crippen MR) is 69.7 cm³/mol. The van der Waals surface area contributed by atoms with E-state index in [4.69, 9.17) is 12.6 Å². The van der Waals surface area contributed by atoms with Crippen molar-refractivity contribution in [1.82, 2.24) is 5.32 Å². The molecule has 0 saturated carbocycles. The minimum atomic E-state index is -0.126. The topological polar surface area (TPSA) is 29.1 Å². The molecule has 0 aliphatic rings. The average molecular weight is 306 g/mol. The van der Waals surface area contributed by atoms with Crippen LogP contribution in [0.15, 0.2) is 59.5 Å². The van der Waals surface area contributed by atoms with Crippen LogP contribution in [0.5, 0.6) is 0 Å². The first-order valence-electron chi connectivity index (χ1n) is 5.35. The SMILES string of the molecule is O=C(NCc1ccccc1)c1ccccc1[S-].[Cu+]. The third kappa shape index (κ3) is 3.84. The molecule has 4 heteroatoms. The molecule has 0 aliphatic carbocycles. The molecule has 0 radical (unpaired) electrons. The maximum absolute atomic E-state index is 11.9. The molecular formula is C14H12CuNOS. The standard InChI is InChI=1S/C14H13NOS.Cu/c16-14(12-8-4-5-9-13(12)17)15-10-11-6-2-1-3-7-11;/h1-9,17H,10H2,(H,15,16);/q;+1/p-1. The van der Waals surface area contributed by atoms with Crippen molar-refractivity contribution in [2.24, 2.45) is 0 Å². The van der Waals surface area contributed by atoms with Crippen molar-refractivity contribution < 1.29 is 21.9 Å². The van der Waals surface area contributed by atoms with Gasteiger partial charge in [0.05, 0.1) is 0 Å². The molecule has 0 unspecified atom stereocenters. The summed E-state index contributed by atoms with van der Waals surface area (Å²) >= 11 is 5.10. The van der Waals surface area contributed by atoms with Gasteiger partial charge in [-0.25, -0.2) is 0 Å². The fourth-order valence-electron chi connectivity index (χ4n) is 1.53. The van der Waals surface area contributed by atoms with E-state index in [0.29, 0.717) is 17.0 Å². The molecular weight excluding hydrogens is 294 g/mol. The molecule has 0 spiro atoms. The van der Waals surface area contributed by atoms with Crippen LogP contribution in [0.4, 0.5) is 0 Å². The van der Waals surface area contributed by atoms with E-state index in [1.165, 1.54) is 0 Å². The van der Waals surface area contributed by atoms with Crippen LogP contribution in [0, 0.1) is 0 Å². The molecule has 0 bridgehead atoms. The van der Waals surface area contributed by atoms with Crippen molar-refractivity contribution in [3.05, 3.63) is 65.7 Å². The number of amides is 1. The molecule has 2 aromatic rings. The van der Waals surface area contributed by atoms with Gasteiger partial charge < -0.3 is 17.9 Å². The minimum Gasteiger partial charge on any atom is -0.779 e. The maximum Gasteiger partial charge on any atom is 1.00 e. The van der Waals surface area contributed by atoms with Gasteiger partial charge in [0, 0.05) is 12.1 Å². The number of hydrogen-bond donors (Lipinski definition) is 1. The molecule has 1 N–H and O–H groups in total. The molecule has 96 valence electrons. The Hall–Kier alpha value is -1.35. The van der Waals surface area contributed by atoms with Crippen molar-refractivity contribution in [2.75, 3.05) is 0 Å². The Morgan fingerprint density at radius 2 is 1.61 bits per heavy atom. The molecule has 1 amide bonds. The van der Waals surface area contributed by atoms with E-state index >= 15 is 0 Å². The molecule has 2 nitrogen and oxygen atoms in total. The normalized spacial score (nSPS) is 9.33. The summed E-state index contributed by atoms with van der Waals surface area (Å²) in [6, 6.07) is 16.9. The van der Waals surface area contributed by atoms with Gasteiger partial charge in [0.1, 0.15) is 0 Å². The Bertz CT molecular complexity index is 516. The number of carbonyl (C=O) groups is 1. The van der Waals surface area contributed by atoms with Gasteiger partial charge >= 0.3 is 17.1 Å². The third-order valence-electron chi connectivity index (χ3n) is 2.43. The second-order valence-electron chi connectivity index (χ2n) is 3.66. The van der Waals surface area contributed by atoms with E-state index < -0.39 is 0 Å². The van der Waals surface area contributed by atoms with Gasteiger partial charge in [-0.15, -0.1) is 0 Å². The number of hydrogen-bond acceptors (Lipinski definition) is 2. The second-order valence-corrected chi connectivity index (χ2v) is 4.10. The van der Waals surface area contributed by atoms with Gasteiger partial charge in [-0.05, 0) is 5.56 Å². The summed E-state index contributed by atoms with van der Waals surface area (Å²) in [5.74, 6) is -0.126. The zero-order valence-corrected chi connectivity index (χ0v) is 11.3. The van der Waals surface area contributed by atoms with E-state index in [9.17, 15) is 4.79 Å². The van der Waals surface area contributed by atoms with Crippen molar-refractivity contribution in [3.63, 3.8) is 0 Å². The third-order valence-corrected chi connectivity index (χ3v) is 2.78. The Morgan fingerprint density at radius 3 is 2.28 bits per heavy atom. The number of carbonyl (C=O) groups excluding carboxylic acids is 1. The van der Waals surface area contributed by atoms with Crippen LogP contribution in [0.1, 0.15) is 15.9 Å². The molecule has 2 aromatic carbocycles. The van der Waals surface area contributed by atoms with Crippen LogP contribution < -0.4 is 5.32 Å². The Labute approximate surface area is 123 Å². The number of rotatable bonds is 3. The first-order valence-corrected chi connectivity index (χ1v) is 5.76. The van der Waals surface area contributed by atoms with Gasteiger partial charge in [-0.2, -0.15) is 4.90 Å². The Morgan fingerprint density at radius 1 is 1.00 bits per heavy atom. The van der Waals surface area contributed by atoms with Crippen LogP contribution in [0.2, 0.25) is 0 Å². The molecule has 0 saturated heterocycles. The first kappa shape index (κ1) is 14.7. The van der Waals surface area contributed by atoms with Crippen LogP contribution in [-0.2, 0) is 36.2 Å². The Balaban J connectivity index is 0.00000162. The van der Waals surface area contributed by atoms with E-state index in [1.54, 1.807) is 12.1 Å². The van der Waals surface area contributed by atoms with E-state index in [0.717, 1.165) is 5.56 Å². The molecule has 0 aliphatic heterocycles. The average Bonchev–Trinajstić information content (AvgIpc) is 2.38. The van der Waals surface area contributed by atoms with E-state index in [-0.39, 0.29) is 23.0 Å². The second kappa shape index (κ2) is 7.17. The summed E-state index contributed by atoms with van der Waals surface area (Å²) < 4.78 is 0. The van der Waals surface area contributed by atoms with Crippen LogP contribution in [-0.4, -0.2) is 5.91 Å². The van der Waals surface area contributed by atoms with Gasteiger partial charge in [0.15, 0.2) is 0 Å². The molecule has 0 aromatic heterocycles. The molecule has 0 atom stereocenters. The van der Waals surface area contributed by atoms with E-state index in [1.807, 2.05) is 42.5 Å².